The number of nitrogens with zero attached hydrogens (tertiary/aromatic N) is 1. The topological polar surface area (TPSA) is 67.9 Å². The minimum absolute atomic E-state index is 0.0108. The number of carbonyl (C=O) groups is 2. The highest BCUT2D eigenvalue weighted by Crippen LogP contribution is 2.29. The molecule has 0 aromatic heterocycles. The molecule has 1 heterocycles. The van der Waals surface area contributed by atoms with Crippen molar-refractivity contribution in [3.63, 3.8) is 0 Å². The molecule has 7 heteroatoms. The van der Waals surface area contributed by atoms with Crippen LogP contribution in [0, 0.1) is 5.92 Å². The molecule has 1 saturated heterocycles. The van der Waals surface area contributed by atoms with Gasteiger partial charge in [-0.05, 0) is 48.6 Å². The first-order valence-corrected chi connectivity index (χ1v) is 10.7. The van der Waals surface area contributed by atoms with Gasteiger partial charge in [0.1, 0.15) is 0 Å². The average molecular weight is 415 g/mol. The van der Waals surface area contributed by atoms with E-state index in [2.05, 4.69) is 5.32 Å². The van der Waals surface area contributed by atoms with E-state index in [1.54, 1.807) is 30.9 Å². The van der Waals surface area contributed by atoms with Gasteiger partial charge in [0.15, 0.2) is 11.5 Å². The van der Waals surface area contributed by atoms with Crippen molar-refractivity contribution in [1.29, 1.82) is 0 Å². The maximum atomic E-state index is 12.6. The van der Waals surface area contributed by atoms with Crippen molar-refractivity contribution < 1.29 is 19.1 Å². The zero-order valence-corrected chi connectivity index (χ0v) is 17.8. The van der Waals surface area contributed by atoms with Gasteiger partial charge in [0.25, 0.3) is 0 Å². The fraction of sp³-hybridized carbons (Fsp3) is 0.364. The average Bonchev–Trinajstić information content (AvgIpc) is 3.15. The summed E-state index contributed by atoms with van der Waals surface area (Å²) >= 11 is 1.63. The Bertz CT molecular complexity index is 887. The van der Waals surface area contributed by atoms with Gasteiger partial charge >= 0.3 is 0 Å². The fourth-order valence-electron chi connectivity index (χ4n) is 3.42. The normalized spacial score (nSPS) is 16.0. The van der Waals surface area contributed by atoms with E-state index in [1.807, 2.05) is 48.7 Å². The zero-order valence-electron chi connectivity index (χ0n) is 16.9. The van der Waals surface area contributed by atoms with Gasteiger partial charge in [-0.25, -0.2) is 0 Å². The van der Waals surface area contributed by atoms with Crippen LogP contribution in [0.1, 0.15) is 12.0 Å². The number of hydrogen-bond donors (Lipinski definition) is 1. The first-order valence-electron chi connectivity index (χ1n) is 9.48. The summed E-state index contributed by atoms with van der Waals surface area (Å²) in [6, 6.07) is 13.6. The molecule has 0 spiro atoms. The summed E-state index contributed by atoms with van der Waals surface area (Å²) in [5, 5.41) is 2.96. The van der Waals surface area contributed by atoms with Crippen LogP contribution in [0.25, 0.3) is 0 Å². The van der Waals surface area contributed by atoms with Crippen LogP contribution in [-0.4, -0.2) is 45.4 Å². The van der Waals surface area contributed by atoms with Crippen LogP contribution in [0.2, 0.25) is 0 Å². The number of benzene rings is 2. The minimum Gasteiger partial charge on any atom is -0.493 e. The number of carbonyl (C=O) groups excluding carboxylic acids is 2. The number of thioether (sulfide) groups is 1. The molecule has 0 saturated carbocycles. The number of amides is 2. The largest absolute Gasteiger partial charge is 0.493 e. The Morgan fingerprint density at radius 3 is 2.69 bits per heavy atom. The summed E-state index contributed by atoms with van der Waals surface area (Å²) in [4.78, 5) is 27.8. The molecule has 2 aromatic carbocycles. The summed E-state index contributed by atoms with van der Waals surface area (Å²) in [7, 11) is 3.20. The van der Waals surface area contributed by atoms with E-state index < -0.39 is 0 Å². The van der Waals surface area contributed by atoms with Gasteiger partial charge < -0.3 is 19.7 Å². The van der Waals surface area contributed by atoms with Gasteiger partial charge in [-0.15, -0.1) is 11.8 Å². The van der Waals surface area contributed by atoms with E-state index in [1.165, 1.54) is 0 Å². The second kappa shape index (κ2) is 9.69. The fourth-order valence-corrected chi connectivity index (χ4v) is 3.87. The molecule has 2 aromatic rings. The van der Waals surface area contributed by atoms with Crippen LogP contribution in [0.5, 0.6) is 11.5 Å². The molecule has 154 valence electrons. The molecule has 1 aliphatic rings. The van der Waals surface area contributed by atoms with Gasteiger partial charge in [0, 0.05) is 30.1 Å². The second-order valence-corrected chi connectivity index (χ2v) is 7.72. The van der Waals surface area contributed by atoms with Crippen LogP contribution in [-0.2, 0) is 16.0 Å². The Hall–Kier alpha value is -2.67. The van der Waals surface area contributed by atoms with Gasteiger partial charge in [0.2, 0.25) is 11.8 Å². The van der Waals surface area contributed by atoms with E-state index in [9.17, 15) is 9.59 Å². The van der Waals surface area contributed by atoms with Crippen molar-refractivity contribution in [3.8, 4) is 11.5 Å². The number of nitrogens with one attached hydrogen (secondary N) is 1. The molecule has 1 fully saturated rings. The summed E-state index contributed by atoms with van der Waals surface area (Å²) < 4.78 is 10.6. The third-order valence-electron chi connectivity index (χ3n) is 5.02. The molecule has 3 rings (SSSR count). The maximum absolute atomic E-state index is 12.6. The molecule has 0 unspecified atom stereocenters. The third-order valence-corrected chi connectivity index (χ3v) is 5.75. The van der Waals surface area contributed by atoms with Crippen molar-refractivity contribution in [1.82, 2.24) is 5.32 Å². The lowest BCUT2D eigenvalue weighted by atomic mass is 10.1. The quantitative estimate of drug-likeness (QED) is 0.672. The number of anilines is 1. The van der Waals surface area contributed by atoms with Crippen molar-refractivity contribution in [2.45, 2.75) is 17.7 Å². The second-order valence-electron chi connectivity index (χ2n) is 6.84. The number of methoxy groups -OCH3 is 2. The Morgan fingerprint density at radius 1 is 1.17 bits per heavy atom. The SMILES string of the molecule is COc1ccc(CCNC(=O)[C@H]2CC(=O)N(c3cccc(SC)c3)C2)cc1OC. The lowest BCUT2D eigenvalue weighted by molar-refractivity contribution is -0.126. The third kappa shape index (κ3) is 5.03. The van der Waals surface area contributed by atoms with Crippen LogP contribution in [0.3, 0.4) is 0 Å². The summed E-state index contributed by atoms with van der Waals surface area (Å²) in [6.45, 7) is 0.916. The van der Waals surface area contributed by atoms with Gasteiger partial charge in [0.05, 0.1) is 20.1 Å². The molecule has 0 radical (unpaired) electrons. The lowest BCUT2D eigenvalue weighted by Gasteiger charge is -2.17. The van der Waals surface area contributed by atoms with Crippen molar-refractivity contribution in [2.24, 2.45) is 5.92 Å². The van der Waals surface area contributed by atoms with E-state index in [0.717, 1.165) is 16.1 Å². The minimum atomic E-state index is -0.328. The Morgan fingerprint density at radius 2 is 1.97 bits per heavy atom. The van der Waals surface area contributed by atoms with Crippen LogP contribution in [0.15, 0.2) is 47.4 Å². The number of rotatable bonds is 8. The highest BCUT2D eigenvalue weighted by Gasteiger charge is 2.35. The molecule has 2 amide bonds. The molecule has 6 nitrogen and oxygen atoms in total. The van der Waals surface area contributed by atoms with Crippen LogP contribution >= 0.6 is 11.8 Å². The summed E-state index contributed by atoms with van der Waals surface area (Å²) in [5.74, 6) is 0.924. The number of ether oxygens (including phenoxy) is 2. The summed E-state index contributed by atoms with van der Waals surface area (Å²) in [5.41, 5.74) is 1.89. The van der Waals surface area contributed by atoms with E-state index >= 15 is 0 Å². The van der Waals surface area contributed by atoms with Crippen LogP contribution in [0.4, 0.5) is 5.69 Å². The first kappa shape index (κ1) is 21.0. The van der Waals surface area contributed by atoms with Crippen molar-refractivity contribution in [3.05, 3.63) is 48.0 Å². The van der Waals surface area contributed by atoms with E-state index in [-0.39, 0.29) is 24.2 Å². The molecule has 1 aliphatic heterocycles. The monoisotopic (exact) mass is 414 g/mol. The predicted octanol–water partition coefficient (Wildman–Crippen LogP) is 3.14. The van der Waals surface area contributed by atoms with E-state index in [4.69, 9.17) is 9.47 Å². The molecule has 1 N–H and O–H groups in total. The standard InChI is InChI=1S/C22H26N2O4S/c1-27-19-8-7-15(11-20(19)28-2)9-10-23-22(26)16-12-21(25)24(14-16)17-5-4-6-18(13-17)29-3/h4-8,11,13,16H,9-10,12,14H2,1-3H3,(H,23,26)/t16-/m0/s1. The highest BCUT2D eigenvalue weighted by atomic mass is 32.2. The van der Waals surface area contributed by atoms with Crippen molar-refractivity contribution >= 4 is 29.3 Å². The molecular weight excluding hydrogens is 388 g/mol. The molecule has 29 heavy (non-hydrogen) atoms. The lowest BCUT2D eigenvalue weighted by Crippen LogP contribution is -2.34. The molecular formula is C22H26N2O4S. The number of hydrogen-bond acceptors (Lipinski definition) is 5. The zero-order chi connectivity index (χ0) is 20.8. The molecule has 0 bridgehead atoms. The summed E-state index contributed by atoms with van der Waals surface area (Å²) in [6.07, 6.45) is 2.91. The highest BCUT2D eigenvalue weighted by molar-refractivity contribution is 7.98. The van der Waals surface area contributed by atoms with E-state index in [0.29, 0.717) is 31.0 Å². The molecule has 0 aliphatic carbocycles. The Balaban J connectivity index is 1.54. The first-order chi connectivity index (χ1) is 14.0. The van der Waals surface area contributed by atoms with Gasteiger partial charge in [-0.1, -0.05) is 12.1 Å². The van der Waals surface area contributed by atoms with Gasteiger partial charge in [-0.2, -0.15) is 0 Å². The molecule has 1 atom stereocenters. The van der Waals surface area contributed by atoms with Crippen molar-refractivity contribution in [2.75, 3.05) is 38.5 Å². The maximum Gasteiger partial charge on any atom is 0.227 e. The van der Waals surface area contributed by atoms with Crippen LogP contribution < -0.4 is 19.7 Å². The van der Waals surface area contributed by atoms with Gasteiger partial charge in [-0.3, -0.25) is 9.59 Å². The Kier molecular flexibility index (Phi) is 7.04. The predicted molar refractivity (Wildman–Crippen MR) is 115 cm³/mol. The smallest absolute Gasteiger partial charge is 0.227 e. The Labute approximate surface area is 175 Å².